The molecule has 0 spiro atoms. The molecule has 3 aromatic heterocycles. The topological polar surface area (TPSA) is 129 Å². The molecule has 1 N–H and O–H groups in total. The molecule has 0 aliphatic rings. The molecule has 0 bridgehead atoms. The molecule has 10 heteroatoms. The van der Waals surface area contributed by atoms with E-state index in [1.54, 1.807) is 0 Å². The second kappa shape index (κ2) is 7.13. The Bertz CT molecular complexity index is 961. The van der Waals surface area contributed by atoms with Crippen LogP contribution in [0.4, 0.5) is 0 Å². The zero-order valence-electron chi connectivity index (χ0n) is 14.0. The summed E-state index contributed by atoms with van der Waals surface area (Å²) < 4.78 is 11.3. The van der Waals surface area contributed by atoms with Crippen LogP contribution in [0.2, 0.25) is 0 Å². The fraction of sp³-hybridized carbons (Fsp3) is 0.250. The highest BCUT2D eigenvalue weighted by molar-refractivity contribution is 6.04. The van der Waals surface area contributed by atoms with Crippen molar-refractivity contribution in [3.05, 3.63) is 47.9 Å². The zero-order chi connectivity index (χ0) is 18.7. The molecule has 0 saturated heterocycles. The van der Waals surface area contributed by atoms with Crippen LogP contribution in [0.1, 0.15) is 46.4 Å². The highest BCUT2D eigenvalue weighted by Gasteiger charge is 2.22. The average Bonchev–Trinajstić information content (AvgIpc) is 3.29. The summed E-state index contributed by atoms with van der Waals surface area (Å²) >= 11 is 0. The predicted octanol–water partition coefficient (Wildman–Crippen LogP) is 0.954. The molecule has 0 fully saturated rings. The number of nitrogens with one attached hydrogen (secondary N) is 1. The van der Waals surface area contributed by atoms with Gasteiger partial charge in [-0.1, -0.05) is 13.8 Å². The molecule has 0 atom stereocenters. The Morgan fingerprint density at radius 1 is 1.31 bits per heavy atom. The van der Waals surface area contributed by atoms with E-state index in [9.17, 15) is 14.4 Å². The molecule has 0 unspecified atom stereocenters. The lowest BCUT2D eigenvalue weighted by molar-refractivity contribution is -0.123. The van der Waals surface area contributed by atoms with Crippen LogP contribution in [0.3, 0.4) is 0 Å². The molecule has 0 aliphatic carbocycles. The maximum absolute atomic E-state index is 12.3. The van der Waals surface area contributed by atoms with Gasteiger partial charge in [0.05, 0.1) is 17.5 Å². The first-order valence-electron chi connectivity index (χ1n) is 7.70. The maximum atomic E-state index is 12.3. The number of hydrogen-bond donors (Lipinski definition) is 1. The van der Waals surface area contributed by atoms with Crippen molar-refractivity contribution in [1.29, 1.82) is 0 Å². The summed E-state index contributed by atoms with van der Waals surface area (Å²) in [7, 11) is 0. The second-order valence-corrected chi connectivity index (χ2v) is 5.61. The first-order chi connectivity index (χ1) is 12.5. The lowest BCUT2D eigenvalue weighted by atomic mass is 10.1. The summed E-state index contributed by atoms with van der Waals surface area (Å²) in [4.78, 5) is 43.8. The van der Waals surface area contributed by atoms with Gasteiger partial charge in [-0.2, -0.15) is 10.1 Å². The molecule has 3 aromatic rings. The smallest absolute Gasteiger partial charge is 0.342 e. The number of amides is 2. The minimum absolute atomic E-state index is 0.0207. The van der Waals surface area contributed by atoms with Crippen LogP contribution < -0.4 is 5.32 Å². The summed E-state index contributed by atoms with van der Waals surface area (Å²) in [5, 5.41) is 6.11. The van der Waals surface area contributed by atoms with Crippen LogP contribution in [0.25, 0.3) is 5.78 Å². The van der Waals surface area contributed by atoms with Crippen molar-refractivity contribution in [2.45, 2.75) is 19.8 Å². The lowest BCUT2D eigenvalue weighted by Crippen LogP contribution is -2.34. The SMILES string of the molecule is CC(C)c1c(C(=O)OCC(=O)NC(=O)c2ccco2)cnc2ncnn12. The van der Waals surface area contributed by atoms with Gasteiger partial charge in [0.1, 0.15) is 6.33 Å². The Morgan fingerprint density at radius 2 is 2.12 bits per heavy atom. The molecule has 0 aliphatic heterocycles. The highest BCUT2D eigenvalue weighted by atomic mass is 16.5. The van der Waals surface area contributed by atoms with Crippen molar-refractivity contribution in [3.63, 3.8) is 0 Å². The number of hydrogen-bond acceptors (Lipinski definition) is 8. The highest BCUT2D eigenvalue weighted by Crippen LogP contribution is 2.19. The van der Waals surface area contributed by atoms with Gasteiger partial charge < -0.3 is 9.15 Å². The van der Waals surface area contributed by atoms with Gasteiger partial charge in [0.25, 0.3) is 17.6 Å². The fourth-order valence-corrected chi connectivity index (χ4v) is 2.35. The lowest BCUT2D eigenvalue weighted by Gasteiger charge is -2.12. The van der Waals surface area contributed by atoms with E-state index < -0.39 is 24.4 Å². The summed E-state index contributed by atoms with van der Waals surface area (Å²) in [6.45, 7) is 3.13. The molecule has 3 rings (SSSR count). The minimum Gasteiger partial charge on any atom is -0.459 e. The third-order valence-electron chi connectivity index (χ3n) is 3.44. The van der Waals surface area contributed by atoms with Crippen molar-refractivity contribution in [1.82, 2.24) is 24.9 Å². The number of imide groups is 1. The number of nitrogens with zero attached hydrogens (tertiary/aromatic N) is 4. The molecule has 0 saturated carbocycles. The van der Waals surface area contributed by atoms with Gasteiger partial charge in [-0.05, 0) is 18.1 Å². The quantitative estimate of drug-likeness (QED) is 0.668. The van der Waals surface area contributed by atoms with Crippen molar-refractivity contribution >= 4 is 23.6 Å². The number of ether oxygens (including phenoxy) is 1. The van der Waals surface area contributed by atoms with Crippen LogP contribution >= 0.6 is 0 Å². The summed E-state index contributed by atoms with van der Waals surface area (Å²) in [5.74, 6) is -1.98. The fourth-order valence-electron chi connectivity index (χ4n) is 2.35. The van der Waals surface area contributed by atoms with Gasteiger partial charge in [-0.3, -0.25) is 14.9 Å². The van der Waals surface area contributed by atoms with Crippen LogP contribution in [0.15, 0.2) is 35.3 Å². The van der Waals surface area contributed by atoms with Crippen LogP contribution in [-0.4, -0.2) is 44.0 Å². The largest absolute Gasteiger partial charge is 0.459 e. The molecule has 2 amide bonds. The summed E-state index contributed by atoms with van der Waals surface area (Å²) in [6.07, 6.45) is 3.96. The number of aromatic nitrogens is 4. The van der Waals surface area contributed by atoms with E-state index in [0.717, 1.165) is 0 Å². The van der Waals surface area contributed by atoms with Gasteiger partial charge in [0.2, 0.25) is 0 Å². The van der Waals surface area contributed by atoms with E-state index in [4.69, 9.17) is 9.15 Å². The Kier molecular flexibility index (Phi) is 4.74. The first-order valence-corrected chi connectivity index (χ1v) is 7.70. The van der Waals surface area contributed by atoms with Crippen molar-refractivity contribution in [2.75, 3.05) is 6.61 Å². The maximum Gasteiger partial charge on any atom is 0.342 e. The van der Waals surface area contributed by atoms with Crippen molar-refractivity contribution in [2.24, 2.45) is 0 Å². The molecule has 3 heterocycles. The van der Waals surface area contributed by atoms with E-state index >= 15 is 0 Å². The number of carbonyl (C=O) groups is 3. The standard InChI is InChI=1S/C16H15N5O5/c1-9(2)13-10(6-17-16-18-8-19-21(13)16)15(24)26-7-12(22)20-14(23)11-4-3-5-25-11/h3-6,8-9H,7H2,1-2H3,(H,20,22,23). The first kappa shape index (κ1) is 17.3. The van der Waals surface area contributed by atoms with E-state index in [-0.39, 0.29) is 17.2 Å². The Balaban J connectivity index is 1.68. The normalized spacial score (nSPS) is 10.9. The molecule has 0 radical (unpaired) electrons. The number of furan rings is 1. The minimum atomic E-state index is -0.777. The Hall–Kier alpha value is -3.56. The predicted molar refractivity (Wildman–Crippen MR) is 86.3 cm³/mol. The van der Waals surface area contributed by atoms with Crippen LogP contribution in [0.5, 0.6) is 0 Å². The second-order valence-electron chi connectivity index (χ2n) is 5.61. The third kappa shape index (κ3) is 3.43. The summed E-state index contributed by atoms with van der Waals surface area (Å²) in [6, 6.07) is 2.92. The third-order valence-corrected chi connectivity index (χ3v) is 3.44. The average molecular weight is 357 g/mol. The number of carbonyl (C=O) groups excluding carboxylic acids is 3. The van der Waals surface area contributed by atoms with Crippen molar-refractivity contribution < 1.29 is 23.5 Å². The van der Waals surface area contributed by atoms with Crippen LogP contribution in [-0.2, 0) is 9.53 Å². The molecular formula is C16H15N5O5. The molecule has 134 valence electrons. The molecule has 10 nitrogen and oxygen atoms in total. The van der Waals surface area contributed by atoms with E-state index in [1.807, 2.05) is 13.8 Å². The zero-order valence-corrected chi connectivity index (χ0v) is 14.0. The summed E-state index contributed by atoms with van der Waals surface area (Å²) in [5.41, 5.74) is 0.729. The van der Waals surface area contributed by atoms with Gasteiger partial charge >= 0.3 is 5.97 Å². The Labute approximate surface area is 147 Å². The molecule has 0 aromatic carbocycles. The molecular weight excluding hydrogens is 342 g/mol. The van der Waals surface area contributed by atoms with Crippen LogP contribution in [0, 0.1) is 0 Å². The van der Waals surface area contributed by atoms with E-state index in [2.05, 4.69) is 20.4 Å². The van der Waals surface area contributed by atoms with Gasteiger partial charge in [0.15, 0.2) is 12.4 Å². The van der Waals surface area contributed by atoms with Gasteiger partial charge in [-0.15, -0.1) is 0 Å². The number of rotatable bonds is 5. The van der Waals surface area contributed by atoms with Crippen molar-refractivity contribution in [3.8, 4) is 0 Å². The van der Waals surface area contributed by atoms with Gasteiger partial charge in [0, 0.05) is 6.20 Å². The van der Waals surface area contributed by atoms with E-state index in [0.29, 0.717) is 11.5 Å². The van der Waals surface area contributed by atoms with E-state index in [1.165, 1.54) is 35.4 Å². The molecule has 26 heavy (non-hydrogen) atoms. The number of esters is 1. The number of fused-ring (bicyclic) bond motifs is 1. The van der Waals surface area contributed by atoms with Gasteiger partial charge in [-0.25, -0.2) is 14.3 Å². The monoisotopic (exact) mass is 357 g/mol. The Morgan fingerprint density at radius 3 is 2.81 bits per heavy atom.